The number of hydrogen-bond donors (Lipinski definition) is 3. The number of anilines is 2. The van der Waals surface area contributed by atoms with Crippen molar-refractivity contribution in [2.75, 3.05) is 82.0 Å². The van der Waals surface area contributed by atoms with Gasteiger partial charge in [0.2, 0.25) is 17.7 Å². The fourth-order valence-corrected chi connectivity index (χ4v) is 10.2. The topological polar surface area (TPSA) is 207 Å². The summed E-state index contributed by atoms with van der Waals surface area (Å²) >= 11 is 0. The van der Waals surface area contributed by atoms with Gasteiger partial charge in [0.15, 0.2) is 0 Å². The first-order valence-corrected chi connectivity index (χ1v) is 25.0. The van der Waals surface area contributed by atoms with Crippen molar-refractivity contribution in [1.29, 1.82) is 5.26 Å². The van der Waals surface area contributed by atoms with E-state index < -0.39 is 40.6 Å². The molecule has 4 aliphatic heterocycles. The third-order valence-corrected chi connectivity index (χ3v) is 14.3. The Morgan fingerprint density at radius 3 is 2.48 bits per heavy atom. The van der Waals surface area contributed by atoms with Gasteiger partial charge in [0.05, 0.1) is 47.8 Å². The summed E-state index contributed by atoms with van der Waals surface area (Å²) in [5.74, 6) is -2.27. The first-order chi connectivity index (χ1) is 35.4. The molecule has 382 valence electrons. The summed E-state index contributed by atoms with van der Waals surface area (Å²) in [6, 6.07) is 15.8. The molecular formula is C53H59F2N11O7. The van der Waals surface area contributed by atoms with Crippen LogP contribution < -0.4 is 30.5 Å². The minimum atomic E-state index is -0.993. The highest BCUT2D eigenvalue weighted by atomic mass is 19.1. The van der Waals surface area contributed by atoms with Crippen LogP contribution in [0.2, 0.25) is 0 Å². The zero-order valence-corrected chi connectivity index (χ0v) is 40.8. The number of nitrogens with zero attached hydrogens (tertiary/aromatic N) is 8. The zero-order chi connectivity index (χ0) is 51.1. The molecule has 20 heteroatoms. The number of amides is 5. The van der Waals surface area contributed by atoms with E-state index in [0.717, 1.165) is 99.0 Å². The summed E-state index contributed by atoms with van der Waals surface area (Å²) in [7, 11) is 0. The second-order valence-electron chi connectivity index (χ2n) is 19.1. The van der Waals surface area contributed by atoms with Crippen molar-refractivity contribution in [3.63, 3.8) is 0 Å². The lowest BCUT2D eigenvalue weighted by Crippen LogP contribution is -2.58. The fraction of sp³-hybridized carbons (Fsp3) is 0.434. The van der Waals surface area contributed by atoms with Gasteiger partial charge in [-0.15, -0.1) is 0 Å². The van der Waals surface area contributed by atoms with Crippen LogP contribution in [0, 0.1) is 23.0 Å². The Morgan fingerprint density at radius 1 is 0.918 bits per heavy atom. The van der Waals surface area contributed by atoms with Gasteiger partial charge < -0.3 is 34.8 Å². The number of fused-ring (bicyclic) bond motifs is 2. The van der Waals surface area contributed by atoms with Crippen LogP contribution in [0.3, 0.4) is 0 Å². The highest BCUT2D eigenvalue weighted by Crippen LogP contribution is 2.34. The molecule has 5 amide bonds. The highest BCUT2D eigenvalue weighted by Gasteiger charge is 2.40. The van der Waals surface area contributed by atoms with E-state index in [1.165, 1.54) is 6.20 Å². The number of hydrogen-bond acceptors (Lipinski definition) is 13. The predicted molar refractivity (Wildman–Crippen MR) is 266 cm³/mol. The third-order valence-electron chi connectivity index (χ3n) is 14.3. The predicted octanol–water partition coefficient (Wildman–Crippen LogP) is 4.99. The average molecular weight is 1000 g/mol. The highest BCUT2D eigenvalue weighted by molar-refractivity contribution is 6.05. The Labute approximate surface area is 421 Å². The summed E-state index contributed by atoms with van der Waals surface area (Å²) in [6.45, 7) is 8.31. The minimum absolute atomic E-state index is 0.0319. The lowest BCUT2D eigenvalue weighted by Gasteiger charge is -2.42. The van der Waals surface area contributed by atoms with Crippen molar-refractivity contribution < 1.29 is 42.2 Å². The molecule has 2 aromatic carbocycles. The molecule has 18 nitrogen and oxygen atoms in total. The number of piperidine rings is 2. The lowest BCUT2D eigenvalue weighted by molar-refractivity contribution is -0.137. The van der Waals surface area contributed by atoms with Crippen molar-refractivity contribution in [2.24, 2.45) is 0 Å². The molecule has 3 saturated heterocycles. The summed E-state index contributed by atoms with van der Waals surface area (Å²) in [5.41, 5.74) is 3.71. The fourth-order valence-electron chi connectivity index (χ4n) is 10.2. The van der Waals surface area contributed by atoms with Crippen LogP contribution in [0.25, 0.3) is 16.6 Å². The van der Waals surface area contributed by atoms with Crippen LogP contribution in [0.4, 0.5) is 20.3 Å². The number of benzene rings is 2. The molecular weight excluding hydrogens is 941 g/mol. The second kappa shape index (κ2) is 22.5. The van der Waals surface area contributed by atoms with E-state index >= 15 is 0 Å². The van der Waals surface area contributed by atoms with Crippen molar-refractivity contribution in [3.8, 4) is 22.9 Å². The van der Waals surface area contributed by atoms with E-state index in [2.05, 4.69) is 47.9 Å². The molecule has 0 radical (unpaired) electrons. The van der Waals surface area contributed by atoms with Crippen molar-refractivity contribution in [2.45, 2.75) is 76.4 Å². The molecule has 1 atom stereocenters. The van der Waals surface area contributed by atoms with Crippen LogP contribution in [0.15, 0.2) is 73.2 Å². The normalized spacial score (nSPS) is 17.9. The molecule has 0 saturated carbocycles. The maximum absolute atomic E-state index is 14.8. The van der Waals surface area contributed by atoms with Crippen LogP contribution in [0.5, 0.6) is 5.75 Å². The third kappa shape index (κ3) is 11.6. The minimum Gasteiger partial charge on any atom is -0.492 e. The zero-order valence-electron chi connectivity index (χ0n) is 40.8. The number of pyridine rings is 2. The Bertz CT molecular complexity index is 2910. The first kappa shape index (κ1) is 50.4. The number of rotatable bonds is 19. The van der Waals surface area contributed by atoms with Crippen LogP contribution in [0.1, 0.15) is 90.1 Å². The Morgan fingerprint density at radius 2 is 1.73 bits per heavy atom. The average Bonchev–Trinajstić information content (AvgIpc) is 3.96. The maximum Gasteiger partial charge on any atom is 0.255 e. The van der Waals surface area contributed by atoms with Crippen LogP contribution in [-0.4, -0.2) is 138 Å². The number of aromatic nitrogens is 3. The van der Waals surface area contributed by atoms with Gasteiger partial charge in [0.1, 0.15) is 41.9 Å². The van der Waals surface area contributed by atoms with Gasteiger partial charge in [-0.1, -0.05) is 12.8 Å². The molecule has 7 heterocycles. The molecule has 0 aliphatic carbocycles. The maximum atomic E-state index is 14.8. The van der Waals surface area contributed by atoms with Gasteiger partial charge in [-0.3, -0.25) is 34.2 Å². The molecule has 1 unspecified atom stereocenters. The number of unbranched alkanes of at least 4 members (excludes halogenated alkanes) is 3. The van der Waals surface area contributed by atoms with Crippen molar-refractivity contribution >= 4 is 46.6 Å². The van der Waals surface area contributed by atoms with E-state index in [1.54, 1.807) is 21.8 Å². The van der Waals surface area contributed by atoms with E-state index in [-0.39, 0.29) is 37.4 Å². The SMILES string of the molecule is CCOc1cc(-c2ccc(N3CCC(COCC(=O)NCCCCCCN4CCN(c5ccc6c(c5)CN(C5CCC(=O)NC5=O)C6=O)CC4)(NC(=O)c4cc(F)ccc4F)CC3)nc2)c2c(C#N)cnn2c1. The molecule has 3 N–H and O–H groups in total. The van der Waals surface area contributed by atoms with E-state index in [4.69, 9.17) is 14.5 Å². The quantitative estimate of drug-likeness (QED) is 0.0738. The second-order valence-corrected chi connectivity index (χ2v) is 19.1. The number of ether oxygens (including phenoxy) is 2. The largest absolute Gasteiger partial charge is 0.492 e. The van der Waals surface area contributed by atoms with Gasteiger partial charge in [-0.05, 0) is 106 Å². The molecule has 9 rings (SSSR count). The van der Waals surface area contributed by atoms with Gasteiger partial charge in [0, 0.05) is 87.4 Å². The summed E-state index contributed by atoms with van der Waals surface area (Å²) < 4.78 is 42.2. The van der Waals surface area contributed by atoms with Gasteiger partial charge in [-0.2, -0.15) is 10.4 Å². The summed E-state index contributed by atoms with van der Waals surface area (Å²) in [4.78, 5) is 76.8. The number of imide groups is 1. The number of nitriles is 1. The number of halogens is 2. The Balaban J connectivity index is 0.704. The number of piperazine rings is 1. The van der Waals surface area contributed by atoms with Crippen molar-refractivity contribution in [3.05, 3.63) is 107 Å². The molecule has 73 heavy (non-hydrogen) atoms. The molecule has 5 aromatic rings. The molecule has 4 aliphatic rings. The molecule has 3 aromatic heterocycles. The van der Waals surface area contributed by atoms with Gasteiger partial charge in [0.25, 0.3) is 11.8 Å². The first-order valence-electron chi connectivity index (χ1n) is 25.0. The van der Waals surface area contributed by atoms with Crippen LogP contribution in [-0.2, 0) is 25.7 Å². The number of carbonyl (C=O) groups is 5. The summed E-state index contributed by atoms with van der Waals surface area (Å²) in [6.07, 6.45) is 10.0. The Hall–Kier alpha value is -7.50. The standard InChI is InChI=1S/C53H59F2N11O7/c1-2-73-40-27-42(49-37(28-56)30-59-66(49)32-40)35-7-13-46(58-29-35)64-19-15-53(16-20-64,61-50(69)43-26-38(54)8-11-44(43)55)34-72-33-48(68)57-17-5-3-4-6-18-62-21-23-63(24-22-62)39-9-10-41-36(25-39)31-65(52(41)71)45-12-14-47(67)60-51(45)70/h7-11,13,25-27,29-30,32,45H,2-6,12,14-24,31,33-34H2,1H3,(H,57,68)(H,61,69)(H,60,67,70). The monoisotopic (exact) mass is 999 g/mol. The molecule has 0 spiro atoms. The van der Waals surface area contributed by atoms with Gasteiger partial charge >= 0.3 is 0 Å². The Kier molecular flexibility index (Phi) is 15.6. The van der Waals surface area contributed by atoms with Crippen molar-refractivity contribution in [1.82, 2.24) is 40.3 Å². The van der Waals surface area contributed by atoms with Crippen LogP contribution >= 0.6 is 0 Å². The number of carbonyl (C=O) groups excluding carboxylic acids is 5. The van der Waals surface area contributed by atoms with E-state index in [9.17, 15) is 38.0 Å². The van der Waals surface area contributed by atoms with E-state index in [1.807, 2.05) is 37.3 Å². The molecule has 0 bridgehead atoms. The smallest absolute Gasteiger partial charge is 0.255 e. The summed E-state index contributed by atoms with van der Waals surface area (Å²) in [5, 5.41) is 22.3. The van der Waals surface area contributed by atoms with E-state index in [0.29, 0.717) is 80.3 Å². The van der Waals surface area contributed by atoms with Gasteiger partial charge in [-0.25, -0.2) is 18.3 Å². The number of nitrogens with one attached hydrogen (secondary N) is 3. The lowest BCUT2D eigenvalue weighted by atomic mass is 9.87. The molecule has 3 fully saturated rings.